The van der Waals surface area contributed by atoms with E-state index in [1.165, 1.54) is 10.6 Å². The molecule has 0 unspecified atom stereocenters. The van der Waals surface area contributed by atoms with Gasteiger partial charge in [-0.05, 0) is 55.9 Å². The number of hydrogen-bond acceptors (Lipinski definition) is 4. The highest BCUT2D eigenvalue weighted by atomic mass is 32.1. The summed E-state index contributed by atoms with van der Waals surface area (Å²) in [4.78, 5) is 18.9. The van der Waals surface area contributed by atoms with Crippen LogP contribution in [0.25, 0.3) is 11.8 Å². The number of benzene rings is 1. The molecule has 0 bridgehead atoms. The fraction of sp³-hybridized carbons (Fsp3) is 0.118. The van der Waals surface area contributed by atoms with E-state index in [1.54, 1.807) is 18.4 Å². The van der Waals surface area contributed by atoms with Gasteiger partial charge >= 0.3 is 0 Å². The molecule has 2 aromatic rings. The number of rotatable bonds is 2. The summed E-state index contributed by atoms with van der Waals surface area (Å²) in [5, 5.41) is 10.6. The van der Waals surface area contributed by atoms with Gasteiger partial charge in [0.25, 0.3) is 5.56 Å². The third-order valence-corrected chi connectivity index (χ3v) is 3.87. The number of H-pyrrole nitrogens is 1. The van der Waals surface area contributed by atoms with Crippen molar-refractivity contribution in [3.05, 3.63) is 67.9 Å². The number of hydrogen-bond donors (Lipinski definition) is 2. The molecule has 1 aromatic heterocycles. The first kappa shape index (κ1) is 15.2. The number of nitrogens with one attached hydrogen (secondary N) is 1. The van der Waals surface area contributed by atoms with Crippen LogP contribution >= 0.6 is 12.2 Å². The highest BCUT2D eigenvalue weighted by molar-refractivity contribution is 7.71. The molecule has 0 radical (unpaired) electrons. The summed E-state index contributed by atoms with van der Waals surface area (Å²) >= 11 is 5.23. The van der Waals surface area contributed by atoms with Crippen molar-refractivity contribution in [2.75, 3.05) is 0 Å². The van der Waals surface area contributed by atoms with E-state index in [0.29, 0.717) is 5.70 Å². The number of allylic oxidation sites excluding steroid dienone is 2. The van der Waals surface area contributed by atoms with E-state index < -0.39 is 5.56 Å². The molecule has 1 aliphatic heterocycles. The Labute approximate surface area is 138 Å². The van der Waals surface area contributed by atoms with Crippen molar-refractivity contribution in [3.8, 4) is 11.6 Å². The maximum Gasteiger partial charge on any atom is 0.262 e. The van der Waals surface area contributed by atoms with Gasteiger partial charge in [0, 0.05) is 6.21 Å². The fourth-order valence-electron chi connectivity index (χ4n) is 2.50. The Morgan fingerprint density at radius 3 is 2.78 bits per heavy atom. The van der Waals surface area contributed by atoms with Gasteiger partial charge in [0.05, 0.1) is 11.4 Å². The smallest absolute Gasteiger partial charge is 0.262 e. The van der Waals surface area contributed by atoms with Crippen LogP contribution in [0.2, 0.25) is 0 Å². The van der Waals surface area contributed by atoms with Crippen LogP contribution in [0.3, 0.4) is 0 Å². The lowest BCUT2D eigenvalue weighted by Crippen LogP contribution is -2.16. The predicted molar refractivity (Wildman–Crippen MR) is 94.0 cm³/mol. The molecular weight excluding hydrogens is 310 g/mol. The van der Waals surface area contributed by atoms with Crippen molar-refractivity contribution in [2.45, 2.75) is 13.8 Å². The van der Waals surface area contributed by atoms with Gasteiger partial charge < -0.3 is 5.11 Å². The number of aryl methyl sites for hydroxylation is 2. The van der Waals surface area contributed by atoms with E-state index >= 15 is 0 Å². The topological polar surface area (TPSA) is 70.4 Å². The van der Waals surface area contributed by atoms with Gasteiger partial charge in [0.2, 0.25) is 5.88 Å². The van der Waals surface area contributed by atoms with Gasteiger partial charge in [-0.15, -0.1) is 0 Å². The largest absolute Gasteiger partial charge is 0.494 e. The highest BCUT2D eigenvalue weighted by Gasteiger charge is 2.14. The third-order valence-electron chi connectivity index (χ3n) is 3.58. The van der Waals surface area contributed by atoms with E-state index in [0.717, 1.165) is 16.8 Å². The number of aliphatic imine (C=N–C) groups is 1. The van der Waals surface area contributed by atoms with Crippen molar-refractivity contribution in [1.82, 2.24) is 9.55 Å². The van der Waals surface area contributed by atoms with Gasteiger partial charge in [-0.1, -0.05) is 17.7 Å². The Balaban J connectivity index is 2.28. The lowest BCUT2D eigenvalue weighted by molar-refractivity contribution is 0.431. The van der Waals surface area contributed by atoms with E-state index in [-0.39, 0.29) is 16.2 Å². The van der Waals surface area contributed by atoms with Crippen molar-refractivity contribution in [1.29, 1.82) is 0 Å². The van der Waals surface area contributed by atoms with Crippen molar-refractivity contribution in [3.63, 3.8) is 0 Å². The van der Waals surface area contributed by atoms with Crippen LogP contribution in [0.4, 0.5) is 0 Å². The van der Waals surface area contributed by atoms with E-state index in [9.17, 15) is 9.90 Å². The summed E-state index contributed by atoms with van der Waals surface area (Å²) in [7, 11) is 0. The minimum Gasteiger partial charge on any atom is -0.494 e. The zero-order chi connectivity index (χ0) is 16.6. The van der Waals surface area contributed by atoms with Crippen LogP contribution in [0.1, 0.15) is 16.7 Å². The Bertz CT molecular complexity index is 980. The molecule has 0 spiro atoms. The summed E-state index contributed by atoms with van der Waals surface area (Å²) in [5.41, 5.74) is 3.04. The van der Waals surface area contributed by atoms with Gasteiger partial charge in [0.15, 0.2) is 4.77 Å². The summed E-state index contributed by atoms with van der Waals surface area (Å²) < 4.78 is 1.60. The van der Waals surface area contributed by atoms with E-state index in [4.69, 9.17) is 12.2 Å². The lowest BCUT2D eigenvalue weighted by Gasteiger charge is -2.14. The molecule has 116 valence electrons. The van der Waals surface area contributed by atoms with Gasteiger partial charge in [-0.2, -0.15) is 0 Å². The molecule has 2 N–H and O–H groups in total. The highest BCUT2D eigenvalue weighted by Crippen LogP contribution is 2.25. The second-order valence-corrected chi connectivity index (χ2v) is 5.72. The summed E-state index contributed by atoms with van der Waals surface area (Å²) in [6, 6.07) is 5.78. The molecule has 0 saturated heterocycles. The summed E-state index contributed by atoms with van der Waals surface area (Å²) in [5.74, 6) is -0.200. The van der Waals surface area contributed by atoms with Crippen LogP contribution in [0, 0.1) is 18.6 Å². The van der Waals surface area contributed by atoms with Crippen LogP contribution < -0.4 is 5.56 Å². The summed E-state index contributed by atoms with van der Waals surface area (Å²) in [6.45, 7) is 3.92. The Hall–Kier alpha value is -2.73. The minimum atomic E-state index is -0.448. The monoisotopic (exact) mass is 325 g/mol. The van der Waals surface area contributed by atoms with E-state index in [2.05, 4.69) is 9.98 Å². The lowest BCUT2D eigenvalue weighted by atomic mass is 10.1. The molecule has 0 saturated carbocycles. The molecule has 23 heavy (non-hydrogen) atoms. The maximum atomic E-state index is 12.2. The third kappa shape index (κ3) is 2.80. The Kier molecular flexibility index (Phi) is 3.83. The molecule has 3 rings (SSSR count). The number of aromatic amines is 1. The molecule has 2 heterocycles. The number of aromatic hydroxyl groups is 1. The second-order valence-electron chi connectivity index (χ2n) is 5.33. The average molecular weight is 325 g/mol. The molecule has 0 fully saturated rings. The molecule has 1 aliphatic rings. The van der Waals surface area contributed by atoms with Crippen LogP contribution in [-0.4, -0.2) is 20.9 Å². The molecule has 1 aromatic carbocycles. The van der Waals surface area contributed by atoms with Crippen molar-refractivity contribution in [2.24, 2.45) is 4.99 Å². The molecule has 5 nitrogen and oxygen atoms in total. The molecule has 6 heteroatoms. The van der Waals surface area contributed by atoms with Crippen LogP contribution in [0.5, 0.6) is 5.88 Å². The Morgan fingerprint density at radius 1 is 1.35 bits per heavy atom. The van der Waals surface area contributed by atoms with Crippen molar-refractivity contribution >= 4 is 24.5 Å². The van der Waals surface area contributed by atoms with Crippen LogP contribution in [0.15, 0.2) is 45.8 Å². The SMILES string of the molecule is Cc1ccc(-n2c(O)c(/C=C3\C=CC=N3)c(=O)[nH]c2=S)c(C)c1. The standard InChI is InChI=1S/C17H15N3O2S/c1-10-5-6-14(11(2)8-10)20-16(22)13(15(21)19-17(20)23)9-12-4-3-7-18-12/h3-9,22H,1-2H3,(H,19,21,23)/b12-9+. The van der Waals surface area contributed by atoms with Gasteiger partial charge in [-0.25, -0.2) is 0 Å². The Morgan fingerprint density at radius 2 is 2.13 bits per heavy atom. The first-order valence-electron chi connectivity index (χ1n) is 7.06. The zero-order valence-corrected chi connectivity index (χ0v) is 13.5. The van der Waals surface area contributed by atoms with Crippen LogP contribution in [-0.2, 0) is 0 Å². The quantitative estimate of drug-likeness (QED) is 0.833. The van der Waals surface area contributed by atoms with Gasteiger partial charge in [-0.3, -0.25) is 19.3 Å². The van der Waals surface area contributed by atoms with E-state index in [1.807, 2.05) is 32.0 Å². The number of nitrogens with zero attached hydrogens (tertiary/aromatic N) is 2. The minimum absolute atomic E-state index is 0.122. The van der Waals surface area contributed by atoms with Crippen molar-refractivity contribution < 1.29 is 5.11 Å². The first-order valence-corrected chi connectivity index (χ1v) is 7.46. The second kappa shape index (κ2) is 5.81. The fourth-order valence-corrected chi connectivity index (χ4v) is 2.77. The molecule has 0 atom stereocenters. The normalized spacial score (nSPS) is 14.8. The molecule has 0 amide bonds. The average Bonchev–Trinajstić information content (AvgIpc) is 2.98. The number of aromatic nitrogens is 2. The maximum absolute atomic E-state index is 12.2. The van der Waals surface area contributed by atoms with Gasteiger partial charge in [0.1, 0.15) is 5.56 Å². The zero-order valence-electron chi connectivity index (χ0n) is 12.7. The summed E-state index contributed by atoms with van der Waals surface area (Å²) in [6.07, 6.45) is 6.66. The first-order chi connectivity index (χ1) is 11.0. The predicted octanol–water partition coefficient (Wildman–Crippen LogP) is 3.20. The molecular formula is C17H15N3O2S. The molecule has 0 aliphatic carbocycles.